The normalized spacial score (nSPS) is 13.4. The molecule has 0 unspecified atom stereocenters. The molecule has 1 heterocycles. The van der Waals surface area contributed by atoms with E-state index in [2.05, 4.69) is 298 Å². The Morgan fingerprint density at radius 1 is 0.270 bits per heavy atom. The predicted octanol–water partition coefficient (Wildman–Crippen LogP) is 19.3. The van der Waals surface area contributed by atoms with E-state index in [4.69, 9.17) is 4.98 Å². The van der Waals surface area contributed by atoms with Gasteiger partial charge < -0.3 is 9.80 Å². The fourth-order valence-corrected chi connectivity index (χ4v) is 11.8. The van der Waals surface area contributed by atoms with Gasteiger partial charge in [0, 0.05) is 55.8 Å². The van der Waals surface area contributed by atoms with Gasteiger partial charge in [0.05, 0.1) is 22.8 Å². The molecule has 2 aliphatic carbocycles. The van der Waals surface area contributed by atoms with Gasteiger partial charge in [-0.1, -0.05) is 210 Å². The molecule has 0 saturated carbocycles. The summed E-state index contributed by atoms with van der Waals surface area (Å²) >= 11 is 0. The summed E-state index contributed by atoms with van der Waals surface area (Å²) in [5, 5.41) is 0. The first-order valence-corrected chi connectivity index (χ1v) is 25.8. The lowest BCUT2D eigenvalue weighted by molar-refractivity contribution is 0.631. The number of pyridine rings is 1. The van der Waals surface area contributed by atoms with Gasteiger partial charge in [0.15, 0.2) is 0 Å². The zero-order chi connectivity index (χ0) is 50.0. The Kier molecular flexibility index (Phi) is 10.9. The van der Waals surface area contributed by atoms with Crippen LogP contribution in [0.5, 0.6) is 0 Å². The number of anilines is 6. The SMILES string of the molecule is CC1(C)c2cc(N(c3ccccc3)c3ccc(-c4ccccc4)cc3-c3ccccc3)ccc2-c2nc3c(cc21)-c1ccc(N(c2ccccc2)c2ccc(-c4ccccc4)cc2-c2ccccc2)cc1C3(C)C. The van der Waals surface area contributed by atoms with Gasteiger partial charge >= 0.3 is 0 Å². The number of fused-ring (bicyclic) bond motifs is 6. The second-order valence-corrected chi connectivity index (χ2v) is 20.8. The highest BCUT2D eigenvalue weighted by Crippen LogP contribution is 2.57. The van der Waals surface area contributed by atoms with Gasteiger partial charge in [0.1, 0.15) is 0 Å². The first-order chi connectivity index (χ1) is 36.2. The molecule has 0 fully saturated rings. The van der Waals surface area contributed by atoms with Gasteiger partial charge in [-0.05, 0) is 134 Å². The molecule has 0 atom stereocenters. The van der Waals surface area contributed by atoms with Gasteiger partial charge in [-0.25, -0.2) is 0 Å². The van der Waals surface area contributed by atoms with E-state index in [1.165, 1.54) is 77.9 Å². The Balaban J connectivity index is 0.911. The third kappa shape index (κ3) is 7.54. The quantitative estimate of drug-likeness (QED) is 0.136. The minimum absolute atomic E-state index is 0.318. The van der Waals surface area contributed by atoms with E-state index in [1.807, 2.05) is 0 Å². The summed E-state index contributed by atoms with van der Waals surface area (Å²) in [6.07, 6.45) is 0. The van der Waals surface area contributed by atoms with Crippen LogP contribution in [0.1, 0.15) is 50.1 Å². The smallest absolute Gasteiger partial charge is 0.0750 e. The highest BCUT2D eigenvalue weighted by Gasteiger charge is 2.44. The molecule has 10 aromatic carbocycles. The molecular weight excluding hydrogens is 895 g/mol. The van der Waals surface area contributed by atoms with E-state index in [-0.39, 0.29) is 10.8 Å². The standard InChI is InChI=1S/C71H55N3/c1-70(2)64-46-57(74(55-33-21-10-22-34-55)67-42-36-53(49-25-13-6-14-26-49)44-61(67)51-29-17-8-18-30-51)38-40-59(64)68-65(70)47-62-58-39-37-56(45-63(58)71(3,4)69(62)72-68)73(54-31-19-9-20-32-54)66-41-35-52(48-23-11-5-12-24-48)43-60(66)50-27-15-7-16-28-50/h5-47H,1-4H3. The molecule has 2 aliphatic rings. The Morgan fingerprint density at radius 2 is 0.662 bits per heavy atom. The highest BCUT2D eigenvalue weighted by atomic mass is 15.2. The van der Waals surface area contributed by atoms with E-state index in [0.717, 1.165) is 45.5 Å². The second kappa shape index (κ2) is 17.9. The molecule has 3 nitrogen and oxygen atoms in total. The third-order valence-corrected chi connectivity index (χ3v) is 15.6. The summed E-state index contributed by atoms with van der Waals surface area (Å²) in [5.74, 6) is 0. The molecule has 11 aromatic rings. The number of para-hydroxylation sites is 2. The number of hydrogen-bond acceptors (Lipinski definition) is 3. The largest absolute Gasteiger partial charge is 0.310 e. The molecule has 0 spiro atoms. The summed E-state index contributed by atoms with van der Waals surface area (Å²) in [5.41, 5.74) is 25.1. The number of aromatic nitrogens is 1. The van der Waals surface area contributed by atoms with Crippen molar-refractivity contribution in [3.63, 3.8) is 0 Å². The van der Waals surface area contributed by atoms with E-state index in [0.29, 0.717) is 0 Å². The number of benzene rings is 10. The van der Waals surface area contributed by atoms with Crippen molar-refractivity contribution in [2.24, 2.45) is 0 Å². The van der Waals surface area contributed by atoms with Gasteiger partial charge in [0.25, 0.3) is 0 Å². The average molecular weight is 950 g/mol. The van der Waals surface area contributed by atoms with Crippen LogP contribution in [0.4, 0.5) is 34.1 Å². The van der Waals surface area contributed by atoms with E-state index in [9.17, 15) is 0 Å². The van der Waals surface area contributed by atoms with E-state index >= 15 is 0 Å². The van der Waals surface area contributed by atoms with Gasteiger partial charge in [-0.3, -0.25) is 4.98 Å². The van der Waals surface area contributed by atoms with Crippen LogP contribution in [0.3, 0.4) is 0 Å². The molecule has 0 aliphatic heterocycles. The van der Waals surface area contributed by atoms with Crippen molar-refractivity contribution in [3.05, 3.63) is 283 Å². The van der Waals surface area contributed by atoms with Crippen LogP contribution in [-0.2, 0) is 10.8 Å². The average Bonchev–Trinajstić information content (AvgIpc) is 3.82. The van der Waals surface area contributed by atoms with Crippen LogP contribution in [0.25, 0.3) is 66.9 Å². The van der Waals surface area contributed by atoms with Crippen molar-refractivity contribution in [3.8, 4) is 66.9 Å². The fraction of sp³-hybridized carbons (Fsp3) is 0.0845. The summed E-state index contributed by atoms with van der Waals surface area (Å²) < 4.78 is 0. The Labute approximate surface area is 435 Å². The maximum Gasteiger partial charge on any atom is 0.0750 e. The topological polar surface area (TPSA) is 19.4 Å². The van der Waals surface area contributed by atoms with Crippen molar-refractivity contribution in [1.29, 1.82) is 0 Å². The first-order valence-electron chi connectivity index (χ1n) is 25.8. The molecule has 0 bridgehead atoms. The lowest BCUT2D eigenvalue weighted by atomic mass is 9.81. The molecule has 13 rings (SSSR count). The van der Waals surface area contributed by atoms with Crippen molar-refractivity contribution in [1.82, 2.24) is 4.98 Å². The minimum Gasteiger partial charge on any atom is -0.310 e. The van der Waals surface area contributed by atoms with Crippen molar-refractivity contribution < 1.29 is 0 Å². The van der Waals surface area contributed by atoms with E-state index in [1.54, 1.807) is 0 Å². The van der Waals surface area contributed by atoms with Crippen LogP contribution in [0, 0.1) is 0 Å². The molecule has 0 amide bonds. The fourth-order valence-electron chi connectivity index (χ4n) is 11.8. The third-order valence-electron chi connectivity index (χ3n) is 15.6. The number of hydrogen-bond donors (Lipinski definition) is 0. The number of nitrogens with zero attached hydrogens (tertiary/aromatic N) is 3. The highest BCUT2D eigenvalue weighted by molar-refractivity contribution is 5.95. The molecule has 3 heteroatoms. The molecule has 74 heavy (non-hydrogen) atoms. The molecule has 0 radical (unpaired) electrons. The van der Waals surface area contributed by atoms with Crippen LogP contribution < -0.4 is 9.80 Å². The zero-order valence-corrected chi connectivity index (χ0v) is 42.2. The molecule has 1 aromatic heterocycles. The molecular formula is C71H55N3. The predicted molar refractivity (Wildman–Crippen MR) is 310 cm³/mol. The second-order valence-electron chi connectivity index (χ2n) is 20.8. The van der Waals surface area contributed by atoms with Crippen molar-refractivity contribution >= 4 is 34.1 Å². The minimum atomic E-state index is -0.367. The van der Waals surface area contributed by atoms with Gasteiger partial charge in [-0.15, -0.1) is 0 Å². The Hall–Kier alpha value is -9.05. The lowest BCUT2D eigenvalue weighted by Crippen LogP contribution is -2.19. The number of rotatable bonds is 10. The molecule has 0 saturated heterocycles. The zero-order valence-electron chi connectivity index (χ0n) is 42.2. The summed E-state index contributed by atoms with van der Waals surface area (Å²) in [7, 11) is 0. The van der Waals surface area contributed by atoms with Gasteiger partial charge in [0.2, 0.25) is 0 Å². The molecule has 0 N–H and O–H groups in total. The lowest BCUT2D eigenvalue weighted by Gasteiger charge is -2.30. The summed E-state index contributed by atoms with van der Waals surface area (Å²) in [6.45, 7) is 9.46. The van der Waals surface area contributed by atoms with Crippen molar-refractivity contribution in [2.75, 3.05) is 9.80 Å². The van der Waals surface area contributed by atoms with Crippen LogP contribution in [0.15, 0.2) is 261 Å². The summed E-state index contributed by atoms with van der Waals surface area (Å²) in [4.78, 5) is 10.6. The maximum absolute atomic E-state index is 5.78. The van der Waals surface area contributed by atoms with Crippen LogP contribution in [0.2, 0.25) is 0 Å². The van der Waals surface area contributed by atoms with Gasteiger partial charge in [-0.2, -0.15) is 0 Å². The van der Waals surface area contributed by atoms with Crippen molar-refractivity contribution in [2.45, 2.75) is 38.5 Å². The van der Waals surface area contributed by atoms with Crippen LogP contribution >= 0.6 is 0 Å². The Bertz CT molecular complexity index is 3610. The monoisotopic (exact) mass is 949 g/mol. The maximum atomic E-state index is 5.78. The molecule has 354 valence electrons. The van der Waals surface area contributed by atoms with E-state index < -0.39 is 0 Å². The Morgan fingerprint density at radius 3 is 1.11 bits per heavy atom. The first kappa shape index (κ1) is 44.9. The van der Waals surface area contributed by atoms with Crippen LogP contribution in [-0.4, -0.2) is 4.98 Å². The summed E-state index contributed by atoms with van der Waals surface area (Å²) in [6, 6.07) is 94.9.